The van der Waals surface area contributed by atoms with Gasteiger partial charge in [-0.3, -0.25) is 0 Å². The summed E-state index contributed by atoms with van der Waals surface area (Å²) in [7, 11) is 0. The lowest BCUT2D eigenvalue weighted by Gasteiger charge is -1.82. The van der Waals surface area contributed by atoms with Crippen LogP contribution in [0.25, 0.3) is 0 Å². The van der Waals surface area contributed by atoms with Crippen molar-refractivity contribution in [1.29, 1.82) is 0 Å². The van der Waals surface area contributed by atoms with Crippen molar-refractivity contribution in [3.8, 4) is 0 Å². The Bertz CT molecular complexity index is 283. The number of hydrogen-bond acceptors (Lipinski definition) is 2. The van der Waals surface area contributed by atoms with Crippen LogP contribution in [0.5, 0.6) is 0 Å². The number of benzene rings is 1. The van der Waals surface area contributed by atoms with E-state index in [-0.39, 0.29) is 10.6 Å². The average Bonchev–Trinajstić information content (AvgIpc) is 2.05. The van der Waals surface area contributed by atoms with Gasteiger partial charge in [-0.2, -0.15) is 0 Å². The third-order valence-electron chi connectivity index (χ3n) is 1.12. The molecule has 0 spiro atoms. The Balaban J connectivity index is 2.98. The number of nitrogens with zero attached hydrogens (tertiary/aromatic N) is 2. The Kier molecular flexibility index (Phi) is 2.00. The fourth-order valence-electron chi connectivity index (χ4n) is 0.616. The Morgan fingerprint density at radius 3 is 2.27 bits per heavy atom. The summed E-state index contributed by atoms with van der Waals surface area (Å²) in [6.07, 6.45) is 0. The molecule has 1 rings (SSSR count). The fourth-order valence-corrected chi connectivity index (χ4v) is 0.616. The van der Waals surface area contributed by atoms with Crippen LogP contribution < -0.4 is 0 Å². The van der Waals surface area contributed by atoms with Crippen molar-refractivity contribution >= 4 is 5.69 Å². The summed E-state index contributed by atoms with van der Waals surface area (Å²) in [6.45, 7) is 0. The van der Waals surface area contributed by atoms with Gasteiger partial charge in [0.15, 0.2) is 0 Å². The SMILES string of the molecule is O=N[N+](=O)c1ccc(F)cc1. The number of hydrogen-bond donors (Lipinski definition) is 0. The highest BCUT2D eigenvalue weighted by atomic mass is 19.1. The molecule has 0 N–H and O–H groups in total. The van der Waals surface area contributed by atoms with Gasteiger partial charge in [-0.1, -0.05) is 4.91 Å². The molecule has 0 aliphatic rings. The fraction of sp³-hybridized carbons (Fsp3) is 0. The second-order valence-corrected chi connectivity index (χ2v) is 1.83. The van der Waals surface area contributed by atoms with Crippen LogP contribution in [0.15, 0.2) is 29.6 Å². The zero-order valence-electron chi connectivity index (χ0n) is 5.40. The molecule has 11 heavy (non-hydrogen) atoms. The van der Waals surface area contributed by atoms with Gasteiger partial charge in [0.2, 0.25) is 4.87 Å². The first-order chi connectivity index (χ1) is 5.24. The normalized spacial score (nSPS) is 9.18. The minimum absolute atomic E-state index is 0.0152. The predicted molar refractivity (Wildman–Crippen MR) is 35.5 cm³/mol. The van der Waals surface area contributed by atoms with E-state index in [0.717, 1.165) is 12.1 Å². The van der Waals surface area contributed by atoms with E-state index in [4.69, 9.17) is 0 Å². The van der Waals surface area contributed by atoms with E-state index < -0.39 is 5.82 Å². The molecule has 0 bridgehead atoms. The van der Waals surface area contributed by atoms with E-state index in [9.17, 15) is 14.2 Å². The lowest BCUT2D eigenvalue weighted by Crippen LogP contribution is -1.87. The Labute approximate surface area is 61.2 Å². The van der Waals surface area contributed by atoms with Crippen molar-refractivity contribution in [2.24, 2.45) is 5.29 Å². The van der Waals surface area contributed by atoms with Crippen LogP contribution in [-0.2, 0) is 0 Å². The Morgan fingerprint density at radius 2 is 1.82 bits per heavy atom. The largest absolute Gasteiger partial charge is 0.298 e. The van der Waals surface area contributed by atoms with Crippen LogP contribution in [0, 0.1) is 15.6 Å². The summed E-state index contributed by atoms with van der Waals surface area (Å²) in [6, 6.07) is 4.49. The third kappa shape index (κ3) is 1.64. The first-order valence-electron chi connectivity index (χ1n) is 2.80. The Hall–Kier alpha value is -1.65. The van der Waals surface area contributed by atoms with Crippen molar-refractivity contribution in [2.45, 2.75) is 0 Å². The van der Waals surface area contributed by atoms with Crippen molar-refractivity contribution < 1.29 is 9.26 Å². The van der Waals surface area contributed by atoms with Gasteiger partial charge >= 0.3 is 0 Å². The highest BCUT2D eigenvalue weighted by Crippen LogP contribution is 2.11. The molecule has 0 aromatic heterocycles. The van der Waals surface area contributed by atoms with Crippen LogP contribution in [-0.4, -0.2) is 4.87 Å². The maximum Gasteiger partial charge on any atom is 0.298 e. The van der Waals surface area contributed by atoms with Gasteiger partial charge < -0.3 is 0 Å². The second kappa shape index (κ2) is 2.96. The van der Waals surface area contributed by atoms with E-state index in [2.05, 4.69) is 5.29 Å². The summed E-state index contributed by atoms with van der Waals surface area (Å²) in [5.74, 6) is -0.465. The zero-order valence-corrected chi connectivity index (χ0v) is 5.40. The van der Waals surface area contributed by atoms with Crippen LogP contribution >= 0.6 is 0 Å². The van der Waals surface area contributed by atoms with Crippen LogP contribution in [0.2, 0.25) is 0 Å². The molecular weight excluding hydrogens is 151 g/mol. The van der Waals surface area contributed by atoms with Gasteiger partial charge in [0.25, 0.3) is 11.0 Å². The first kappa shape index (κ1) is 7.46. The zero-order chi connectivity index (χ0) is 8.27. The monoisotopic (exact) mass is 155 g/mol. The van der Waals surface area contributed by atoms with Gasteiger partial charge in [-0.05, 0) is 12.1 Å². The standard InChI is InChI=1S/C6H4FN2O2/c7-5-1-3-6(4-2-5)9(11)8-10/h1-4H/q+1. The molecule has 0 aliphatic heterocycles. The van der Waals surface area contributed by atoms with Gasteiger partial charge in [0, 0.05) is 12.1 Å². The lowest BCUT2D eigenvalue weighted by atomic mass is 10.3. The van der Waals surface area contributed by atoms with E-state index in [1.54, 1.807) is 0 Å². The molecule has 0 aliphatic carbocycles. The molecule has 0 radical (unpaired) electrons. The smallest absolute Gasteiger partial charge is 0.207 e. The lowest BCUT2D eigenvalue weighted by molar-refractivity contribution is -0.470. The van der Waals surface area contributed by atoms with Gasteiger partial charge in [0.1, 0.15) is 5.82 Å². The van der Waals surface area contributed by atoms with E-state index in [0.29, 0.717) is 0 Å². The topological polar surface area (TPSA) is 49.5 Å². The van der Waals surface area contributed by atoms with Gasteiger partial charge in [-0.25, -0.2) is 4.39 Å². The predicted octanol–water partition coefficient (Wildman–Crippen LogP) is 1.92. The molecular formula is C6H4FN2O2+. The van der Waals surface area contributed by atoms with E-state index in [1.165, 1.54) is 12.1 Å². The maximum absolute atomic E-state index is 12.2. The van der Waals surface area contributed by atoms with Crippen molar-refractivity contribution in [3.63, 3.8) is 0 Å². The van der Waals surface area contributed by atoms with Gasteiger partial charge in [-0.15, -0.1) is 0 Å². The third-order valence-corrected chi connectivity index (χ3v) is 1.12. The van der Waals surface area contributed by atoms with Crippen LogP contribution in [0.1, 0.15) is 0 Å². The highest BCUT2D eigenvalue weighted by Gasteiger charge is 2.12. The van der Waals surface area contributed by atoms with Crippen LogP contribution in [0.4, 0.5) is 10.1 Å². The summed E-state index contributed by atoms with van der Waals surface area (Å²) in [5, 5.41) is 2.09. The number of nitroso groups, excluding NO2 is 2. The van der Waals surface area contributed by atoms with Crippen LogP contribution in [0.3, 0.4) is 0 Å². The molecule has 1 aromatic rings. The highest BCUT2D eigenvalue weighted by molar-refractivity contribution is 5.28. The second-order valence-electron chi connectivity index (χ2n) is 1.83. The molecule has 0 saturated heterocycles. The molecule has 0 unspecified atom stereocenters. The minimum atomic E-state index is -0.465. The molecule has 0 amide bonds. The van der Waals surface area contributed by atoms with E-state index >= 15 is 0 Å². The van der Waals surface area contributed by atoms with Crippen molar-refractivity contribution in [1.82, 2.24) is 0 Å². The summed E-state index contributed by atoms with van der Waals surface area (Å²) < 4.78 is 12.2. The van der Waals surface area contributed by atoms with E-state index in [1.807, 2.05) is 0 Å². The van der Waals surface area contributed by atoms with Gasteiger partial charge in [0.05, 0.1) is 4.91 Å². The molecule has 0 atom stereocenters. The maximum atomic E-state index is 12.2. The molecule has 0 saturated carbocycles. The molecule has 56 valence electrons. The number of rotatable bonds is 2. The minimum Gasteiger partial charge on any atom is -0.207 e. The summed E-state index contributed by atoms with van der Waals surface area (Å²) in [4.78, 5) is 20.0. The quantitative estimate of drug-likeness (QED) is 0.372. The number of halogens is 1. The summed E-state index contributed by atoms with van der Waals surface area (Å²) >= 11 is 0. The average molecular weight is 155 g/mol. The molecule has 1 aromatic carbocycles. The first-order valence-corrected chi connectivity index (χ1v) is 2.80. The van der Waals surface area contributed by atoms with Crippen molar-refractivity contribution in [2.75, 3.05) is 0 Å². The molecule has 4 nitrogen and oxygen atoms in total. The molecule has 0 fully saturated rings. The Morgan fingerprint density at radius 1 is 1.27 bits per heavy atom. The summed E-state index contributed by atoms with van der Waals surface area (Å²) in [5.41, 5.74) is 0.0152. The van der Waals surface area contributed by atoms with Crippen molar-refractivity contribution in [3.05, 3.63) is 39.9 Å². The molecule has 5 heteroatoms. The molecule has 0 heterocycles.